The van der Waals surface area contributed by atoms with E-state index in [-0.39, 0.29) is 30.2 Å². The molecule has 1 aromatic heterocycles. The summed E-state index contributed by atoms with van der Waals surface area (Å²) >= 11 is 0. The second-order valence-electron chi connectivity index (χ2n) is 7.03. The van der Waals surface area contributed by atoms with Gasteiger partial charge < -0.3 is 19.5 Å². The number of amides is 3. The summed E-state index contributed by atoms with van der Waals surface area (Å²) in [4.78, 5) is 39.8. The van der Waals surface area contributed by atoms with Crippen LogP contribution in [0.4, 0.5) is 0 Å². The minimum absolute atomic E-state index is 0.0380. The van der Waals surface area contributed by atoms with Crippen molar-refractivity contribution < 1.29 is 18.8 Å². The Labute approximate surface area is 145 Å². The number of nitrogens with zero attached hydrogens (tertiary/aromatic N) is 4. The lowest BCUT2D eigenvalue weighted by Crippen LogP contribution is -2.73. The van der Waals surface area contributed by atoms with Crippen molar-refractivity contribution in [1.29, 1.82) is 0 Å². The second kappa shape index (κ2) is 6.45. The zero-order valence-corrected chi connectivity index (χ0v) is 14.7. The van der Waals surface area contributed by atoms with Gasteiger partial charge in [-0.05, 0) is 18.8 Å². The number of rotatable bonds is 5. The van der Waals surface area contributed by atoms with E-state index in [0.717, 1.165) is 6.42 Å². The molecule has 2 atom stereocenters. The van der Waals surface area contributed by atoms with Crippen molar-refractivity contribution in [3.05, 3.63) is 12.3 Å². The monoisotopic (exact) mass is 349 g/mol. The Bertz CT molecular complexity index is 674. The number of carbonyl (C=O) groups is 3. The van der Waals surface area contributed by atoms with Gasteiger partial charge in [0.15, 0.2) is 0 Å². The summed E-state index contributed by atoms with van der Waals surface area (Å²) in [5.41, 5.74) is -0.726. The minimum atomic E-state index is -0.726. The summed E-state index contributed by atoms with van der Waals surface area (Å²) in [6.45, 7) is 6.32. The first kappa shape index (κ1) is 17.4. The van der Waals surface area contributed by atoms with Crippen molar-refractivity contribution in [2.75, 3.05) is 19.6 Å². The summed E-state index contributed by atoms with van der Waals surface area (Å²) in [7, 11) is 0. The quantitative estimate of drug-likeness (QED) is 0.756. The van der Waals surface area contributed by atoms with Crippen molar-refractivity contribution in [1.82, 2.24) is 25.3 Å². The molecule has 0 saturated carbocycles. The zero-order valence-electron chi connectivity index (χ0n) is 14.7. The highest BCUT2D eigenvalue weighted by atomic mass is 16.4. The van der Waals surface area contributed by atoms with Crippen LogP contribution in [-0.2, 0) is 14.4 Å². The third-order valence-electron chi connectivity index (χ3n) is 4.97. The number of hydrogen-bond acceptors (Lipinski definition) is 6. The number of hydrogen-bond donors (Lipinski definition) is 1. The molecule has 2 aliphatic rings. The molecule has 0 aromatic carbocycles. The summed E-state index contributed by atoms with van der Waals surface area (Å²) in [5.74, 6) is -0.118. The van der Waals surface area contributed by atoms with E-state index in [4.69, 9.17) is 4.42 Å². The molecule has 2 saturated heterocycles. The van der Waals surface area contributed by atoms with Crippen LogP contribution in [0.15, 0.2) is 10.8 Å². The van der Waals surface area contributed by atoms with Crippen molar-refractivity contribution in [2.45, 2.75) is 45.2 Å². The zero-order chi connectivity index (χ0) is 18.2. The predicted octanol–water partition coefficient (Wildman–Crippen LogP) is 0.106. The highest BCUT2D eigenvalue weighted by molar-refractivity contribution is 5.99. The van der Waals surface area contributed by atoms with Crippen LogP contribution in [0.25, 0.3) is 0 Å². The molecule has 2 fully saturated rings. The Hall–Kier alpha value is -2.45. The molecule has 2 aliphatic heterocycles. The van der Waals surface area contributed by atoms with Gasteiger partial charge in [0.05, 0.1) is 13.1 Å². The Kier molecular flexibility index (Phi) is 4.49. The van der Waals surface area contributed by atoms with Crippen molar-refractivity contribution >= 4 is 17.7 Å². The minimum Gasteiger partial charge on any atom is -0.426 e. The SMILES string of the molecule is CC(=O)N1CCCC12CN(CC(=O)NC(c1nnco1)C(C)C)C2=O. The molecular formula is C16H23N5O4. The van der Waals surface area contributed by atoms with E-state index in [9.17, 15) is 14.4 Å². The van der Waals surface area contributed by atoms with E-state index in [1.807, 2.05) is 13.8 Å². The van der Waals surface area contributed by atoms with Crippen molar-refractivity contribution in [3.63, 3.8) is 0 Å². The molecule has 0 bridgehead atoms. The van der Waals surface area contributed by atoms with Crippen LogP contribution < -0.4 is 5.32 Å². The molecule has 9 nitrogen and oxygen atoms in total. The van der Waals surface area contributed by atoms with Crippen LogP contribution in [0.5, 0.6) is 0 Å². The van der Waals surface area contributed by atoms with Gasteiger partial charge in [0, 0.05) is 13.5 Å². The largest absolute Gasteiger partial charge is 0.426 e. The first-order chi connectivity index (χ1) is 11.8. The molecule has 136 valence electrons. The Morgan fingerprint density at radius 3 is 2.76 bits per heavy atom. The van der Waals surface area contributed by atoms with E-state index >= 15 is 0 Å². The molecule has 9 heteroatoms. The molecule has 3 rings (SSSR count). The highest BCUT2D eigenvalue weighted by Crippen LogP contribution is 2.38. The van der Waals surface area contributed by atoms with Gasteiger partial charge in [0.2, 0.25) is 24.1 Å². The van der Waals surface area contributed by atoms with Crippen LogP contribution >= 0.6 is 0 Å². The predicted molar refractivity (Wildman–Crippen MR) is 86.0 cm³/mol. The molecule has 25 heavy (non-hydrogen) atoms. The van der Waals surface area contributed by atoms with Gasteiger partial charge in [-0.1, -0.05) is 13.8 Å². The van der Waals surface area contributed by atoms with Crippen LogP contribution in [0.3, 0.4) is 0 Å². The van der Waals surface area contributed by atoms with Crippen LogP contribution in [0, 0.1) is 5.92 Å². The fourth-order valence-electron chi connectivity index (χ4n) is 3.73. The van der Waals surface area contributed by atoms with E-state index in [1.165, 1.54) is 18.2 Å². The third-order valence-corrected chi connectivity index (χ3v) is 4.97. The lowest BCUT2D eigenvalue weighted by molar-refractivity contribution is -0.168. The summed E-state index contributed by atoms with van der Waals surface area (Å²) in [6.07, 6.45) is 2.70. The standard InChI is InChI=1S/C16H23N5O4/c1-10(2)13(14-19-17-9-25-14)18-12(23)7-20-8-16(15(20)24)5-4-6-21(16)11(3)22/h9-10,13H,4-8H2,1-3H3,(H,18,23). The first-order valence-corrected chi connectivity index (χ1v) is 8.48. The Morgan fingerprint density at radius 1 is 1.44 bits per heavy atom. The molecule has 0 aliphatic carbocycles. The number of nitrogens with one attached hydrogen (secondary N) is 1. The average Bonchev–Trinajstić information content (AvgIpc) is 3.22. The molecule has 1 aromatic rings. The number of carbonyl (C=O) groups excluding carboxylic acids is 3. The lowest BCUT2D eigenvalue weighted by Gasteiger charge is -2.50. The lowest BCUT2D eigenvalue weighted by atomic mass is 9.85. The highest BCUT2D eigenvalue weighted by Gasteiger charge is 2.59. The Balaban J connectivity index is 1.60. The summed E-state index contributed by atoms with van der Waals surface area (Å²) < 4.78 is 5.18. The van der Waals surface area contributed by atoms with Gasteiger partial charge in [0.25, 0.3) is 5.91 Å². The molecular weight excluding hydrogens is 326 g/mol. The molecule has 3 heterocycles. The molecule has 1 N–H and O–H groups in total. The molecule has 0 radical (unpaired) electrons. The van der Waals surface area contributed by atoms with Crippen LogP contribution in [-0.4, -0.2) is 62.9 Å². The maximum Gasteiger partial charge on any atom is 0.250 e. The second-order valence-corrected chi connectivity index (χ2v) is 7.03. The van der Waals surface area contributed by atoms with Gasteiger partial charge in [-0.25, -0.2) is 0 Å². The molecule has 1 spiro atoms. The van der Waals surface area contributed by atoms with Crippen LogP contribution in [0.1, 0.15) is 45.5 Å². The van der Waals surface area contributed by atoms with E-state index in [0.29, 0.717) is 25.4 Å². The van der Waals surface area contributed by atoms with Gasteiger partial charge in [-0.3, -0.25) is 14.4 Å². The number of aromatic nitrogens is 2. The smallest absolute Gasteiger partial charge is 0.250 e. The third kappa shape index (κ3) is 2.98. The summed E-state index contributed by atoms with van der Waals surface area (Å²) in [6, 6.07) is -0.402. The number of β-lactam (4-membered cyclic amide) rings is 1. The fraction of sp³-hybridized carbons (Fsp3) is 0.688. The number of likely N-dealkylation sites (tertiary alicyclic amines) is 2. The van der Waals surface area contributed by atoms with Crippen molar-refractivity contribution in [3.8, 4) is 0 Å². The molecule has 2 unspecified atom stereocenters. The van der Waals surface area contributed by atoms with Crippen molar-refractivity contribution in [2.24, 2.45) is 5.92 Å². The van der Waals surface area contributed by atoms with Gasteiger partial charge >= 0.3 is 0 Å². The average molecular weight is 349 g/mol. The van der Waals surface area contributed by atoms with E-state index < -0.39 is 11.6 Å². The normalized spacial score (nSPS) is 23.9. The topological polar surface area (TPSA) is 109 Å². The summed E-state index contributed by atoms with van der Waals surface area (Å²) in [5, 5.41) is 10.3. The first-order valence-electron chi connectivity index (χ1n) is 8.48. The van der Waals surface area contributed by atoms with E-state index in [1.54, 1.807) is 4.90 Å². The Morgan fingerprint density at radius 2 is 2.20 bits per heavy atom. The maximum atomic E-state index is 12.6. The van der Waals surface area contributed by atoms with E-state index in [2.05, 4.69) is 15.5 Å². The maximum absolute atomic E-state index is 12.6. The van der Waals surface area contributed by atoms with Gasteiger partial charge in [0.1, 0.15) is 11.6 Å². The van der Waals surface area contributed by atoms with Gasteiger partial charge in [-0.2, -0.15) is 0 Å². The van der Waals surface area contributed by atoms with Crippen LogP contribution in [0.2, 0.25) is 0 Å². The molecule has 3 amide bonds. The van der Waals surface area contributed by atoms with Gasteiger partial charge in [-0.15, -0.1) is 10.2 Å². The fourth-order valence-corrected chi connectivity index (χ4v) is 3.73.